The van der Waals surface area contributed by atoms with Crippen LogP contribution in [-0.2, 0) is 26.1 Å². The molecular weight excluding hydrogens is 296 g/mol. The predicted molar refractivity (Wildman–Crippen MR) is 76.5 cm³/mol. The molecule has 120 valence electrons. The van der Waals surface area contributed by atoms with Crippen LogP contribution in [0.25, 0.3) is 0 Å². The van der Waals surface area contributed by atoms with Gasteiger partial charge in [0.15, 0.2) is 0 Å². The van der Waals surface area contributed by atoms with Crippen LogP contribution in [0.1, 0.15) is 25.6 Å². The molecule has 2 heterocycles. The molecule has 1 aromatic rings. The lowest BCUT2D eigenvalue weighted by atomic mass is 10.3. The molecule has 0 radical (unpaired) electrons. The van der Waals surface area contributed by atoms with Crippen molar-refractivity contribution in [3.63, 3.8) is 0 Å². The first kappa shape index (κ1) is 16.4. The second-order valence-corrected chi connectivity index (χ2v) is 7.01. The number of rotatable bonds is 6. The number of nitrogens with one attached hydrogen (secondary N) is 1. The summed E-state index contributed by atoms with van der Waals surface area (Å²) in [5.41, 5.74) is 0.572. The Hall–Kier alpha value is -0.930. The van der Waals surface area contributed by atoms with Gasteiger partial charge in [-0.2, -0.15) is 0 Å². The summed E-state index contributed by atoms with van der Waals surface area (Å²) in [6.07, 6.45) is 1.27. The zero-order valence-electron chi connectivity index (χ0n) is 12.3. The van der Waals surface area contributed by atoms with Crippen LogP contribution in [0.4, 0.5) is 0 Å². The third-order valence-electron chi connectivity index (χ3n) is 3.32. The van der Waals surface area contributed by atoms with Crippen LogP contribution in [0.15, 0.2) is 17.2 Å². The van der Waals surface area contributed by atoms with E-state index in [2.05, 4.69) is 4.72 Å². The normalized spacial score (nSPS) is 20.1. The average Bonchev–Trinajstić information content (AvgIpc) is 2.92. The van der Waals surface area contributed by atoms with Gasteiger partial charge >= 0.3 is 0 Å². The van der Waals surface area contributed by atoms with Gasteiger partial charge in [0.05, 0.1) is 37.4 Å². The Morgan fingerprint density at radius 2 is 2.24 bits per heavy atom. The Morgan fingerprint density at radius 1 is 1.48 bits per heavy atom. The number of aliphatic hydroxyl groups excluding tert-OH is 1. The van der Waals surface area contributed by atoms with E-state index in [1.54, 1.807) is 4.57 Å². The van der Waals surface area contributed by atoms with Crippen molar-refractivity contribution in [3.8, 4) is 0 Å². The fourth-order valence-electron chi connectivity index (χ4n) is 2.19. The van der Waals surface area contributed by atoms with E-state index in [0.717, 1.165) is 0 Å². The maximum atomic E-state index is 12.3. The third kappa shape index (κ3) is 4.04. The molecule has 2 N–H and O–H groups in total. The van der Waals surface area contributed by atoms with E-state index in [1.165, 1.54) is 12.3 Å². The van der Waals surface area contributed by atoms with Gasteiger partial charge in [0.1, 0.15) is 0 Å². The van der Waals surface area contributed by atoms with E-state index in [4.69, 9.17) is 9.47 Å². The second-order valence-electron chi connectivity index (χ2n) is 5.25. The standard InChI is InChI=1S/C13H22N2O5S/c1-10(2)15-7-13(5-11(15)8-16)21(17,18)14-6-12-9-19-3-4-20-12/h5,7,10,12,14,16H,3-4,6,8-9H2,1-2H3. The molecule has 0 bridgehead atoms. The van der Waals surface area contributed by atoms with E-state index in [9.17, 15) is 13.5 Å². The first-order valence-corrected chi connectivity index (χ1v) is 8.43. The quantitative estimate of drug-likeness (QED) is 0.785. The van der Waals surface area contributed by atoms with E-state index in [-0.39, 0.29) is 30.2 Å². The van der Waals surface area contributed by atoms with Gasteiger partial charge in [-0.15, -0.1) is 0 Å². The van der Waals surface area contributed by atoms with E-state index in [0.29, 0.717) is 25.5 Å². The second kappa shape index (κ2) is 6.89. The van der Waals surface area contributed by atoms with Crippen LogP contribution in [0, 0.1) is 0 Å². The Labute approximate surface area is 124 Å². The van der Waals surface area contributed by atoms with Crippen molar-refractivity contribution in [3.05, 3.63) is 18.0 Å². The van der Waals surface area contributed by atoms with Gasteiger partial charge in [0.2, 0.25) is 10.0 Å². The first-order chi connectivity index (χ1) is 9.94. The molecular formula is C13H22N2O5S. The van der Waals surface area contributed by atoms with Crippen LogP contribution in [-0.4, -0.2) is 50.6 Å². The minimum atomic E-state index is -3.62. The summed E-state index contributed by atoms with van der Waals surface area (Å²) in [5, 5.41) is 9.31. The lowest BCUT2D eigenvalue weighted by molar-refractivity contribution is -0.0846. The number of hydrogen-bond acceptors (Lipinski definition) is 5. The summed E-state index contributed by atoms with van der Waals surface area (Å²) < 4.78 is 39.4. The number of sulfonamides is 1. The summed E-state index contributed by atoms with van der Waals surface area (Å²) in [6.45, 7) is 5.23. The molecule has 0 aliphatic carbocycles. The molecule has 1 saturated heterocycles. The Kier molecular flexibility index (Phi) is 5.39. The molecule has 1 atom stereocenters. The molecule has 0 amide bonds. The highest BCUT2D eigenvalue weighted by Gasteiger charge is 2.22. The molecule has 1 aliphatic heterocycles. The SMILES string of the molecule is CC(C)n1cc(S(=O)(=O)NCC2COCCO2)cc1CO. The van der Waals surface area contributed by atoms with Crippen molar-refractivity contribution in [2.45, 2.75) is 37.5 Å². The Bertz CT molecular complexity index is 561. The highest BCUT2D eigenvalue weighted by atomic mass is 32.2. The lowest BCUT2D eigenvalue weighted by Crippen LogP contribution is -2.39. The van der Waals surface area contributed by atoms with Crippen molar-refractivity contribution >= 4 is 10.0 Å². The molecule has 0 aromatic carbocycles. The summed E-state index contributed by atoms with van der Waals surface area (Å²) in [4.78, 5) is 0.150. The number of hydrogen-bond donors (Lipinski definition) is 2. The van der Waals surface area contributed by atoms with Gasteiger partial charge in [-0.25, -0.2) is 13.1 Å². The molecule has 7 nitrogen and oxygen atoms in total. The molecule has 2 rings (SSSR count). The van der Waals surface area contributed by atoms with Crippen LogP contribution in [0.3, 0.4) is 0 Å². The van der Waals surface area contributed by atoms with Gasteiger partial charge in [-0.3, -0.25) is 0 Å². The van der Waals surface area contributed by atoms with Crippen molar-refractivity contribution in [1.29, 1.82) is 0 Å². The van der Waals surface area contributed by atoms with E-state index in [1.807, 2.05) is 13.8 Å². The molecule has 8 heteroatoms. The maximum absolute atomic E-state index is 12.3. The fourth-order valence-corrected chi connectivity index (χ4v) is 3.31. The molecule has 1 fully saturated rings. The first-order valence-electron chi connectivity index (χ1n) is 6.94. The van der Waals surface area contributed by atoms with E-state index < -0.39 is 10.0 Å². The molecule has 21 heavy (non-hydrogen) atoms. The van der Waals surface area contributed by atoms with Crippen LogP contribution in [0.5, 0.6) is 0 Å². The monoisotopic (exact) mass is 318 g/mol. The van der Waals surface area contributed by atoms with Gasteiger partial charge in [0.25, 0.3) is 0 Å². The smallest absolute Gasteiger partial charge is 0.242 e. The summed E-state index contributed by atoms with van der Waals surface area (Å²) >= 11 is 0. The summed E-state index contributed by atoms with van der Waals surface area (Å²) in [5.74, 6) is 0. The van der Waals surface area contributed by atoms with Crippen LogP contribution in [0.2, 0.25) is 0 Å². The summed E-state index contributed by atoms with van der Waals surface area (Å²) in [6, 6.07) is 1.56. The van der Waals surface area contributed by atoms with Gasteiger partial charge in [-0.05, 0) is 19.9 Å². The lowest BCUT2D eigenvalue weighted by Gasteiger charge is -2.22. The van der Waals surface area contributed by atoms with Crippen LogP contribution < -0.4 is 4.72 Å². The molecule has 1 unspecified atom stereocenters. The van der Waals surface area contributed by atoms with Crippen molar-refractivity contribution in [1.82, 2.24) is 9.29 Å². The third-order valence-corrected chi connectivity index (χ3v) is 4.71. The molecule has 1 aliphatic rings. The minimum absolute atomic E-state index is 0.0752. The fraction of sp³-hybridized carbons (Fsp3) is 0.692. The summed E-state index contributed by atoms with van der Waals surface area (Å²) in [7, 11) is -3.62. The van der Waals surface area contributed by atoms with Crippen molar-refractivity contribution in [2.24, 2.45) is 0 Å². The largest absolute Gasteiger partial charge is 0.390 e. The predicted octanol–water partition coefficient (Wildman–Crippen LogP) is 0.255. The van der Waals surface area contributed by atoms with E-state index >= 15 is 0 Å². The number of ether oxygens (including phenoxy) is 2. The van der Waals surface area contributed by atoms with Crippen molar-refractivity contribution < 1.29 is 23.0 Å². The minimum Gasteiger partial charge on any atom is -0.390 e. The number of aliphatic hydroxyl groups is 1. The van der Waals surface area contributed by atoms with Crippen LogP contribution >= 0.6 is 0 Å². The Balaban J connectivity index is 2.08. The van der Waals surface area contributed by atoms with Gasteiger partial charge < -0.3 is 19.1 Å². The van der Waals surface area contributed by atoms with Crippen molar-refractivity contribution in [2.75, 3.05) is 26.4 Å². The molecule has 0 spiro atoms. The van der Waals surface area contributed by atoms with Gasteiger partial charge in [0, 0.05) is 24.5 Å². The highest BCUT2D eigenvalue weighted by molar-refractivity contribution is 7.89. The molecule has 0 saturated carbocycles. The Morgan fingerprint density at radius 3 is 2.76 bits per heavy atom. The zero-order chi connectivity index (χ0) is 15.5. The number of aromatic nitrogens is 1. The topological polar surface area (TPSA) is 89.8 Å². The average molecular weight is 318 g/mol. The molecule has 1 aromatic heterocycles. The zero-order valence-corrected chi connectivity index (χ0v) is 13.1. The van der Waals surface area contributed by atoms with Gasteiger partial charge in [-0.1, -0.05) is 0 Å². The maximum Gasteiger partial charge on any atom is 0.242 e. The highest BCUT2D eigenvalue weighted by Crippen LogP contribution is 2.19. The number of nitrogens with zero attached hydrogens (tertiary/aromatic N) is 1.